The van der Waals surface area contributed by atoms with Crippen molar-refractivity contribution < 1.29 is 27.8 Å². The third-order valence-corrected chi connectivity index (χ3v) is 1.57. The number of ether oxygens (including phenoxy) is 2. The first kappa shape index (κ1) is 17.3. The van der Waals surface area contributed by atoms with Crippen LogP contribution in [0.3, 0.4) is 0 Å². The Morgan fingerprint density at radius 2 is 1.89 bits per heavy atom. The van der Waals surface area contributed by atoms with Crippen LogP contribution in [-0.2, 0) is 14.3 Å². The third-order valence-electron chi connectivity index (χ3n) is 1.57. The molecule has 0 saturated carbocycles. The zero-order valence-electron chi connectivity index (χ0n) is 11.3. The monoisotopic (exact) mass is 280 g/mol. The van der Waals surface area contributed by atoms with Crippen molar-refractivity contribution in [2.24, 2.45) is 5.10 Å². The zero-order chi connectivity index (χ0) is 15.1. The second kappa shape index (κ2) is 7.65. The van der Waals surface area contributed by atoms with Crippen LogP contribution in [-0.4, -0.2) is 36.4 Å². The molecule has 0 aliphatic heterocycles. The molecule has 8 heteroatoms. The summed E-state index contributed by atoms with van der Waals surface area (Å²) in [5, 5.41) is 3.17. The quantitative estimate of drug-likeness (QED) is 0.475. The van der Waals surface area contributed by atoms with Crippen molar-refractivity contribution in [1.29, 1.82) is 0 Å². The molecule has 0 aliphatic carbocycles. The van der Waals surface area contributed by atoms with Gasteiger partial charge in [0, 0.05) is 0 Å². The van der Waals surface area contributed by atoms with Gasteiger partial charge in [0.05, 0.1) is 13.0 Å². The van der Waals surface area contributed by atoms with Crippen LogP contribution in [0.5, 0.6) is 0 Å². The largest absolute Gasteiger partial charge is 0.466 e. The van der Waals surface area contributed by atoms with Crippen LogP contribution in [0.4, 0.5) is 13.6 Å². The number of halogens is 2. The molecule has 0 rings (SSSR count). The van der Waals surface area contributed by atoms with Gasteiger partial charge in [-0.1, -0.05) is 0 Å². The standard InChI is InChI=1S/C11H18F2N2O4/c1-5-18-8(16)6-7(9(12)13)14-15-10(17)19-11(2,3)4/h9H,5-6H2,1-4H3,(H,15,17)/b14-7-. The third kappa shape index (κ3) is 8.92. The molecule has 1 amide bonds. The molecule has 0 aromatic heterocycles. The lowest BCUT2D eigenvalue weighted by atomic mass is 10.2. The van der Waals surface area contributed by atoms with Gasteiger partial charge in [0.15, 0.2) is 0 Å². The second-order valence-corrected chi connectivity index (χ2v) is 4.50. The van der Waals surface area contributed by atoms with Crippen molar-refractivity contribution in [2.75, 3.05) is 6.61 Å². The highest BCUT2D eigenvalue weighted by Crippen LogP contribution is 2.07. The number of carbonyl (C=O) groups excluding carboxylic acids is 2. The molecule has 1 N–H and O–H groups in total. The van der Waals surface area contributed by atoms with Crippen molar-refractivity contribution in [3.8, 4) is 0 Å². The number of nitrogens with one attached hydrogen (secondary N) is 1. The minimum Gasteiger partial charge on any atom is -0.466 e. The first-order valence-electron chi connectivity index (χ1n) is 5.65. The zero-order valence-corrected chi connectivity index (χ0v) is 11.3. The molecule has 6 nitrogen and oxygen atoms in total. The molecule has 0 fully saturated rings. The van der Waals surface area contributed by atoms with Crippen LogP contribution >= 0.6 is 0 Å². The molecule has 110 valence electrons. The van der Waals surface area contributed by atoms with Crippen molar-refractivity contribution in [3.63, 3.8) is 0 Å². The van der Waals surface area contributed by atoms with E-state index in [0.29, 0.717) is 0 Å². The van der Waals surface area contributed by atoms with Crippen LogP contribution in [0.15, 0.2) is 5.10 Å². The van der Waals surface area contributed by atoms with Crippen LogP contribution in [0.2, 0.25) is 0 Å². The maximum atomic E-state index is 12.6. The smallest absolute Gasteiger partial charge is 0.428 e. The van der Waals surface area contributed by atoms with Gasteiger partial charge in [-0.3, -0.25) is 4.79 Å². The number of amides is 1. The van der Waals surface area contributed by atoms with E-state index < -0.39 is 36.2 Å². The minimum absolute atomic E-state index is 0.0782. The first-order valence-corrected chi connectivity index (χ1v) is 5.65. The van der Waals surface area contributed by atoms with Gasteiger partial charge in [-0.2, -0.15) is 5.10 Å². The molecule has 0 saturated heterocycles. The van der Waals surface area contributed by atoms with Gasteiger partial charge in [-0.25, -0.2) is 19.0 Å². The predicted octanol–water partition coefficient (Wildman–Crippen LogP) is 2.09. The predicted molar refractivity (Wildman–Crippen MR) is 64.1 cm³/mol. The molecular formula is C11H18F2N2O4. The average molecular weight is 280 g/mol. The summed E-state index contributed by atoms with van der Waals surface area (Å²) in [5.41, 5.74) is 0.247. The number of hydrazone groups is 1. The molecule has 0 atom stereocenters. The number of hydrogen-bond donors (Lipinski definition) is 1. The highest BCUT2D eigenvalue weighted by molar-refractivity contribution is 6.01. The number of alkyl halides is 2. The normalized spacial score (nSPS) is 12.3. The summed E-state index contributed by atoms with van der Waals surface area (Å²) in [6, 6.07) is 0. The minimum atomic E-state index is -2.97. The molecule has 0 bridgehead atoms. The molecular weight excluding hydrogens is 262 g/mol. The van der Waals surface area contributed by atoms with Gasteiger partial charge in [0.1, 0.15) is 11.3 Å². The number of nitrogens with zero attached hydrogens (tertiary/aromatic N) is 1. The van der Waals surface area contributed by atoms with E-state index in [9.17, 15) is 18.4 Å². The summed E-state index contributed by atoms with van der Waals surface area (Å²) in [5.74, 6) is -0.840. The Bertz CT molecular complexity index is 351. The van der Waals surface area contributed by atoms with Gasteiger partial charge in [0.25, 0.3) is 6.43 Å². The van der Waals surface area contributed by atoms with E-state index >= 15 is 0 Å². The Morgan fingerprint density at radius 3 is 2.32 bits per heavy atom. The van der Waals surface area contributed by atoms with Gasteiger partial charge < -0.3 is 9.47 Å². The molecule has 0 radical (unpaired) electrons. The number of rotatable bonds is 5. The van der Waals surface area contributed by atoms with Crippen LogP contribution < -0.4 is 5.43 Å². The fourth-order valence-corrected chi connectivity index (χ4v) is 0.944. The van der Waals surface area contributed by atoms with Crippen molar-refractivity contribution in [2.45, 2.75) is 46.1 Å². The van der Waals surface area contributed by atoms with E-state index in [4.69, 9.17) is 4.74 Å². The summed E-state index contributed by atoms with van der Waals surface area (Å²) in [6.07, 6.45) is -4.64. The molecule has 0 aliphatic rings. The van der Waals surface area contributed by atoms with Crippen molar-refractivity contribution in [1.82, 2.24) is 5.43 Å². The van der Waals surface area contributed by atoms with E-state index in [1.165, 1.54) is 0 Å². The molecule has 0 unspecified atom stereocenters. The molecule has 0 heterocycles. The average Bonchev–Trinajstić information content (AvgIpc) is 2.21. The summed E-state index contributed by atoms with van der Waals surface area (Å²) < 4.78 is 34.4. The topological polar surface area (TPSA) is 77.0 Å². The van der Waals surface area contributed by atoms with E-state index in [2.05, 4.69) is 9.84 Å². The maximum absolute atomic E-state index is 12.6. The maximum Gasteiger partial charge on any atom is 0.428 e. The van der Waals surface area contributed by atoms with Gasteiger partial charge in [0.2, 0.25) is 0 Å². The van der Waals surface area contributed by atoms with Crippen LogP contribution in [0.25, 0.3) is 0 Å². The van der Waals surface area contributed by atoms with Gasteiger partial charge in [-0.15, -0.1) is 0 Å². The summed E-state index contributed by atoms with van der Waals surface area (Å²) in [7, 11) is 0. The van der Waals surface area contributed by atoms with Crippen molar-refractivity contribution >= 4 is 17.8 Å². The lowest BCUT2D eigenvalue weighted by molar-refractivity contribution is -0.141. The summed E-state index contributed by atoms with van der Waals surface area (Å²) in [6.45, 7) is 6.47. The highest BCUT2D eigenvalue weighted by Gasteiger charge is 2.20. The van der Waals surface area contributed by atoms with Crippen LogP contribution in [0, 0.1) is 0 Å². The van der Waals surface area contributed by atoms with Gasteiger partial charge >= 0.3 is 12.1 Å². The second-order valence-electron chi connectivity index (χ2n) is 4.50. The fourth-order valence-electron chi connectivity index (χ4n) is 0.944. The molecule has 19 heavy (non-hydrogen) atoms. The Labute approximate surface area is 110 Å². The lowest BCUT2D eigenvalue weighted by Gasteiger charge is -2.18. The Hall–Kier alpha value is -1.73. The summed E-state index contributed by atoms with van der Waals surface area (Å²) in [4.78, 5) is 22.2. The number of carbonyl (C=O) groups is 2. The molecule has 0 aromatic carbocycles. The van der Waals surface area contributed by atoms with E-state index in [0.717, 1.165) is 0 Å². The van der Waals surface area contributed by atoms with E-state index in [-0.39, 0.29) is 6.61 Å². The van der Waals surface area contributed by atoms with E-state index in [1.54, 1.807) is 27.7 Å². The molecule has 0 aromatic rings. The van der Waals surface area contributed by atoms with E-state index in [1.807, 2.05) is 5.43 Å². The SMILES string of the molecule is CCOC(=O)C/C(=N/NC(=O)OC(C)(C)C)C(F)F. The lowest BCUT2D eigenvalue weighted by Crippen LogP contribution is -2.31. The Kier molecular flexibility index (Phi) is 6.95. The van der Waals surface area contributed by atoms with Crippen molar-refractivity contribution in [3.05, 3.63) is 0 Å². The highest BCUT2D eigenvalue weighted by atomic mass is 19.3. The van der Waals surface area contributed by atoms with Crippen LogP contribution in [0.1, 0.15) is 34.1 Å². The first-order chi connectivity index (χ1) is 8.65. The number of esters is 1. The summed E-state index contributed by atoms with van der Waals surface area (Å²) >= 11 is 0. The fraction of sp³-hybridized carbons (Fsp3) is 0.727. The Morgan fingerprint density at radius 1 is 1.32 bits per heavy atom. The molecule has 0 spiro atoms. The Balaban J connectivity index is 4.51. The van der Waals surface area contributed by atoms with Gasteiger partial charge in [-0.05, 0) is 27.7 Å². The number of hydrogen-bond acceptors (Lipinski definition) is 5.